The molecule has 1 rings (SSSR count). The average molecular weight is 192 g/mol. The summed E-state index contributed by atoms with van der Waals surface area (Å²) in [5, 5.41) is 8.32. The minimum absolute atomic E-state index is 0.363. The number of hydrogen-bond acceptors (Lipinski definition) is 2. The molecular weight excluding hydrogens is 185 g/mol. The Hall–Kier alpha value is -1.23. The van der Waals surface area contributed by atoms with Crippen molar-refractivity contribution in [2.75, 3.05) is 6.79 Å². The molecule has 72 valence electrons. The van der Waals surface area contributed by atoms with E-state index in [4.69, 9.17) is 5.11 Å². The quantitative estimate of drug-likeness (QED) is 0.726. The van der Waals surface area contributed by atoms with E-state index in [1.807, 2.05) is 0 Å². The van der Waals surface area contributed by atoms with Gasteiger partial charge in [-0.2, -0.15) is 13.2 Å². The zero-order valence-corrected chi connectivity index (χ0v) is 6.51. The molecule has 0 aliphatic carbocycles. The molecular formula is C8H7F3O2. The Balaban J connectivity index is 3.05. The van der Waals surface area contributed by atoms with Crippen LogP contribution in [0.2, 0.25) is 0 Å². The topological polar surface area (TPSA) is 29.5 Å². The van der Waals surface area contributed by atoms with Gasteiger partial charge in [-0.05, 0) is 12.1 Å². The molecule has 1 N–H and O–H groups in total. The number of rotatable bonds is 2. The first-order chi connectivity index (χ1) is 6.05. The summed E-state index contributed by atoms with van der Waals surface area (Å²) in [6.45, 7) is -0.771. The first-order valence-corrected chi connectivity index (χ1v) is 3.45. The molecule has 0 heterocycles. The highest BCUT2D eigenvalue weighted by atomic mass is 19.4. The predicted octanol–water partition coefficient (Wildman–Crippen LogP) is 2.03. The first-order valence-electron chi connectivity index (χ1n) is 3.45. The number of aliphatic hydroxyl groups is 1. The smallest absolute Gasteiger partial charge is 0.419 e. The van der Waals surface area contributed by atoms with E-state index in [-0.39, 0.29) is 5.75 Å². The van der Waals surface area contributed by atoms with Crippen LogP contribution in [0, 0.1) is 0 Å². The van der Waals surface area contributed by atoms with E-state index in [9.17, 15) is 13.2 Å². The number of ether oxygens (including phenoxy) is 1. The second kappa shape index (κ2) is 3.66. The largest absolute Gasteiger partial charge is 0.467 e. The molecule has 0 amide bonds. The molecule has 0 atom stereocenters. The summed E-state index contributed by atoms with van der Waals surface area (Å²) >= 11 is 0. The van der Waals surface area contributed by atoms with Gasteiger partial charge in [0.2, 0.25) is 0 Å². The van der Waals surface area contributed by atoms with Crippen LogP contribution < -0.4 is 4.74 Å². The van der Waals surface area contributed by atoms with Gasteiger partial charge in [0.25, 0.3) is 0 Å². The van der Waals surface area contributed by atoms with Crippen molar-refractivity contribution < 1.29 is 23.0 Å². The van der Waals surface area contributed by atoms with Crippen LogP contribution in [-0.4, -0.2) is 11.9 Å². The van der Waals surface area contributed by atoms with Crippen LogP contribution in [0.3, 0.4) is 0 Å². The lowest BCUT2D eigenvalue weighted by Gasteiger charge is -2.11. The van der Waals surface area contributed by atoms with Crippen molar-refractivity contribution in [2.45, 2.75) is 6.18 Å². The third-order valence-corrected chi connectivity index (χ3v) is 1.41. The molecule has 0 saturated carbocycles. The SMILES string of the molecule is OCOc1ccccc1C(F)(F)F. The average Bonchev–Trinajstić information content (AvgIpc) is 2.04. The lowest BCUT2D eigenvalue weighted by atomic mass is 10.2. The molecule has 0 saturated heterocycles. The van der Waals surface area contributed by atoms with Crippen molar-refractivity contribution in [1.29, 1.82) is 0 Å². The second-order valence-electron chi connectivity index (χ2n) is 2.27. The molecule has 0 fully saturated rings. The molecule has 0 aliphatic heterocycles. The minimum Gasteiger partial charge on any atom is -0.467 e. The van der Waals surface area contributed by atoms with Crippen molar-refractivity contribution in [3.05, 3.63) is 29.8 Å². The molecule has 2 nitrogen and oxygen atoms in total. The highest BCUT2D eigenvalue weighted by Crippen LogP contribution is 2.35. The minimum atomic E-state index is -4.45. The van der Waals surface area contributed by atoms with Crippen LogP contribution in [0.25, 0.3) is 0 Å². The standard InChI is InChI=1S/C8H7F3O2/c9-8(10,11)6-3-1-2-4-7(6)13-5-12/h1-4,12H,5H2. The summed E-state index contributed by atoms with van der Waals surface area (Å²) in [5.74, 6) is -0.363. The molecule has 0 aromatic heterocycles. The van der Waals surface area contributed by atoms with Crippen molar-refractivity contribution in [3.63, 3.8) is 0 Å². The number of alkyl halides is 3. The number of para-hydroxylation sites is 1. The zero-order chi connectivity index (χ0) is 9.90. The predicted molar refractivity (Wildman–Crippen MR) is 39.2 cm³/mol. The summed E-state index contributed by atoms with van der Waals surface area (Å²) in [5.41, 5.74) is -0.885. The monoisotopic (exact) mass is 192 g/mol. The number of aliphatic hydroxyl groups excluding tert-OH is 1. The van der Waals surface area contributed by atoms with E-state index in [1.54, 1.807) is 0 Å². The lowest BCUT2D eigenvalue weighted by Crippen LogP contribution is -2.08. The van der Waals surface area contributed by atoms with E-state index in [2.05, 4.69) is 4.74 Å². The van der Waals surface area contributed by atoms with E-state index < -0.39 is 18.5 Å². The molecule has 13 heavy (non-hydrogen) atoms. The first kappa shape index (κ1) is 9.85. The van der Waals surface area contributed by atoms with Crippen LogP contribution >= 0.6 is 0 Å². The highest BCUT2D eigenvalue weighted by molar-refractivity contribution is 5.35. The van der Waals surface area contributed by atoms with Gasteiger partial charge in [-0.15, -0.1) is 0 Å². The van der Waals surface area contributed by atoms with Gasteiger partial charge in [-0.1, -0.05) is 12.1 Å². The Labute approximate surface area is 72.6 Å². The van der Waals surface area contributed by atoms with Crippen molar-refractivity contribution in [2.24, 2.45) is 0 Å². The Kier molecular flexibility index (Phi) is 2.77. The molecule has 1 aromatic carbocycles. The summed E-state index contributed by atoms with van der Waals surface area (Å²) in [6.07, 6.45) is -4.45. The highest BCUT2D eigenvalue weighted by Gasteiger charge is 2.33. The molecule has 0 spiro atoms. The summed E-state index contributed by atoms with van der Waals surface area (Å²) in [6, 6.07) is 4.71. The van der Waals surface area contributed by atoms with Crippen LogP contribution in [0.4, 0.5) is 13.2 Å². The molecule has 1 aromatic rings. The van der Waals surface area contributed by atoms with Crippen molar-refractivity contribution >= 4 is 0 Å². The van der Waals surface area contributed by atoms with Crippen molar-refractivity contribution in [1.82, 2.24) is 0 Å². The Bertz CT molecular complexity index is 283. The van der Waals surface area contributed by atoms with E-state index in [0.717, 1.165) is 12.1 Å². The zero-order valence-electron chi connectivity index (χ0n) is 6.51. The second-order valence-corrected chi connectivity index (χ2v) is 2.27. The van der Waals surface area contributed by atoms with Crippen LogP contribution in [0.15, 0.2) is 24.3 Å². The summed E-state index contributed by atoms with van der Waals surface area (Å²) in [7, 11) is 0. The Morgan fingerprint density at radius 2 is 1.85 bits per heavy atom. The fourth-order valence-electron chi connectivity index (χ4n) is 0.896. The van der Waals surface area contributed by atoms with Crippen LogP contribution in [0.1, 0.15) is 5.56 Å². The molecule has 0 radical (unpaired) electrons. The van der Waals surface area contributed by atoms with Crippen molar-refractivity contribution in [3.8, 4) is 5.75 Å². The van der Waals surface area contributed by atoms with Gasteiger partial charge >= 0.3 is 6.18 Å². The third kappa shape index (κ3) is 2.35. The Morgan fingerprint density at radius 3 is 2.38 bits per heavy atom. The van der Waals surface area contributed by atoms with Gasteiger partial charge < -0.3 is 9.84 Å². The lowest BCUT2D eigenvalue weighted by molar-refractivity contribution is -0.139. The van der Waals surface area contributed by atoms with E-state index in [1.165, 1.54) is 12.1 Å². The number of hydrogen-bond donors (Lipinski definition) is 1. The number of halogens is 3. The van der Waals surface area contributed by atoms with Gasteiger partial charge in [-0.3, -0.25) is 0 Å². The molecule has 0 bridgehead atoms. The fraction of sp³-hybridized carbons (Fsp3) is 0.250. The Morgan fingerprint density at radius 1 is 1.23 bits per heavy atom. The van der Waals surface area contributed by atoms with Crippen LogP contribution in [0.5, 0.6) is 5.75 Å². The van der Waals surface area contributed by atoms with E-state index >= 15 is 0 Å². The normalized spacial score (nSPS) is 11.4. The maximum atomic E-state index is 12.2. The van der Waals surface area contributed by atoms with Crippen LogP contribution in [-0.2, 0) is 6.18 Å². The van der Waals surface area contributed by atoms with Gasteiger partial charge in [-0.25, -0.2) is 0 Å². The molecule has 5 heteroatoms. The third-order valence-electron chi connectivity index (χ3n) is 1.41. The van der Waals surface area contributed by atoms with Gasteiger partial charge in [0, 0.05) is 0 Å². The van der Waals surface area contributed by atoms with Gasteiger partial charge in [0.1, 0.15) is 5.75 Å². The summed E-state index contributed by atoms with van der Waals surface area (Å²) in [4.78, 5) is 0. The molecule has 0 aliphatic rings. The number of benzene rings is 1. The fourth-order valence-corrected chi connectivity index (χ4v) is 0.896. The van der Waals surface area contributed by atoms with E-state index in [0.29, 0.717) is 0 Å². The summed E-state index contributed by atoms with van der Waals surface area (Å²) < 4.78 is 41.0. The maximum Gasteiger partial charge on any atom is 0.419 e. The van der Waals surface area contributed by atoms with Gasteiger partial charge in [0.15, 0.2) is 6.79 Å². The molecule has 0 unspecified atom stereocenters. The van der Waals surface area contributed by atoms with Gasteiger partial charge in [0.05, 0.1) is 5.56 Å². The maximum absolute atomic E-state index is 12.2.